The van der Waals surface area contributed by atoms with Gasteiger partial charge >= 0.3 is 0 Å². The molecule has 1 amide bonds. The molecular weight excluding hydrogens is 543 g/mol. The number of carbonyl (C=O) groups excluding carboxylic acids is 1. The molecule has 0 bridgehead atoms. The lowest BCUT2D eigenvalue weighted by Crippen LogP contribution is -2.41. The lowest BCUT2D eigenvalue weighted by atomic mass is 9.94. The summed E-state index contributed by atoms with van der Waals surface area (Å²) in [6, 6.07) is 14.0. The summed E-state index contributed by atoms with van der Waals surface area (Å²) in [4.78, 5) is 16.7. The molecule has 0 aromatic heterocycles. The van der Waals surface area contributed by atoms with Crippen molar-refractivity contribution in [1.29, 1.82) is 0 Å². The summed E-state index contributed by atoms with van der Waals surface area (Å²) in [6.07, 6.45) is 7.43. The Morgan fingerprint density at radius 3 is 2.55 bits per heavy atom. The number of benzene rings is 2. The Morgan fingerprint density at radius 1 is 1.16 bits per heavy atom. The van der Waals surface area contributed by atoms with E-state index in [-0.39, 0.29) is 11.9 Å². The van der Waals surface area contributed by atoms with Crippen molar-refractivity contribution in [2.24, 2.45) is 0 Å². The van der Waals surface area contributed by atoms with Gasteiger partial charge in [0.1, 0.15) is 18.1 Å². The largest absolute Gasteiger partial charge is 0.487 e. The molecule has 4 rings (SSSR count). The van der Waals surface area contributed by atoms with E-state index in [4.69, 9.17) is 28.6 Å². The highest BCUT2D eigenvalue weighted by atomic mass is 127. The fourth-order valence-corrected chi connectivity index (χ4v) is 5.00. The first-order valence-corrected chi connectivity index (χ1v) is 12.3. The maximum absolute atomic E-state index is 13.1. The van der Waals surface area contributed by atoms with Gasteiger partial charge in [0.15, 0.2) is 5.11 Å². The van der Waals surface area contributed by atoms with Crippen LogP contribution < -0.4 is 4.74 Å². The number of amides is 1. The van der Waals surface area contributed by atoms with Crippen LogP contribution in [0.2, 0.25) is 5.02 Å². The molecule has 1 aliphatic carbocycles. The summed E-state index contributed by atoms with van der Waals surface area (Å²) in [7, 11) is 1.86. The van der Waals surface area contributed by atoms with Gasteiger partial charge in [-0.1, -0.05) is 49.1 Å². The average molecular weight is 567 g/mol. The van der Waals surface area contributed by atoms with Crippen LogP contribution >= 0.6 is 46.4 Å². The first-order valence-electron chi connectivity index (χ1n) is 10.4. The second-order valence-corrected chi connectivity index (χ2v) is 9.96. The van der Waals surface area contributed by atoms with Crippen molar-refractivity contribution >= 4 is 63.5 Å². The molecule has 0 spiro atoms. The minimum Gasteiger partial charge on any atom is -0.487 e. The molecule has 0 N–H and O–H groups in total. The van der Waals surface area contributed by atoms with E-state index in [1.807, 2.05) is 55.6 Å². The second-order valence-electron chi connectivity index (χ2n) is 7.94. The van der Waals surface area contributed by atoms with Gasteiger partial charge in [0.05, 0.1) is 5.02 Å². The van der Waals surface area contributed by atoms with Gasteiger partial charge in [-0.25, -0.2) is 0 Å². The van der Waals surface area contributed by atoms with Crippen LogP contribution in [0.1, 0.15) is 43.2 Å². The van der Waals surface area contributed by atoms with Crippen molar-refractivity contribution in [3.8, 4) is 5.75 Å². The monoisotopic (exact) mass is 566 g/mol. The Morgan fingerprint density at radius 2 is 1.87 bits per heavy atom. The van der Waals surface area contributed by atoms with Gasteiger partial charge in [-0.05, 0) is 89.1 Å². The Hall–Kier alpha value is -1.64. The Kier molecular flexibility index (Phi) is 7.19. The summed E-state index contributed by atoms with van der Waals surface area (Å²) >= 11 is 14.3. The number of ether oxygens (including phenoxy) is 1. The molecule has 31 heavy (non-hydrogen) atoms. The minimum absolute atomic E-state index is 0.0189. The number of likely N-dealkylation sites (N-methyl/N-ethyl adjacent to an activating group) is 1. The SMILES string of the molecule is CN1C(=S)N(C2CCCCC2)C(=O)/C1=C/c1ccc(OCc2ccc(I)cc2)c(Cl)c1. The highest BCUT2D eigenvalue weighted by Gasteiger charge is 2.40. The minimum atomic E-state index is -0.0189. The molecule has 7 heteroatoms. The molecule has 2 aliphatic rings. The highest BCUT2D eigenvalue weighted by Crippen LogP contribution is 2.32. The summed E-state index contributed by atoms with van der Waals surface area (Å²) in [6.45, 7) is 0.447. The zero-order valence-electron chi connectivity index (χ0n) is 17.3. The summed E-state index contributed by atoms with van der Waals surface area (Å²) < 4.78 is 7.07. The third kappa shape index (κ3) is 5.07. The normalized spacial score (nSPS) is 18.9. The van der Waals surface area contributed by atoms with E-state index < -0.39 is 0 Å². The van der Waals surface area contributed by atoms with Gasteiger partial charge in [-0.2, -0.15) is 0 Å². The van der Waals surface area contributed by atoms with Gasteiger partial charge in [0, 0.05) is 16.7 Å². The maximum atomic E-state index is 13.1. The Labute approximate surface area is 207 Å². The molecule has 0 radical (unpaired) electrons. The van der Waals surface area contributed by atoms with Crippen molar-refractivity contribution < 1.29 is 9.53 Å². The number of halogens is 2. The van der Waals surface area contributed by atoms with Crippen molar-refractivity contribution in [3.05, 3.63) is 67.9 Å². The number of hydrogen-bond acceptors (Lipinski definition) is 3. The Bertz CT molecular complexity index is 1020. The molecule has 0 atom stereocenters. The van der Waals surface area contributed by atoms with E-state index in [0.29, 0.717) is 28.2 Å². The van der Waals surface area contributed by atoms with Gasteiger partial charge in [-0.3, -0.25) is 9.69 Å². The smallest absolute Gasteiger partial charge is 0.277 e. The van der Waals surface area contributed by atoms with Gasteiger partial charge in [0.2, 0.25) is 0 Å². The van der Waals surface area contributed by atoms with Gasteiger partial charge < -0.3 is 9.64 Å². The third-order valence-electron chi connectivity index (χ3n) is 5.80. The zero-order valence-corrected chi connectivity index (χ0v) is 21.0. The van der Waals surface area contributed by atoms with E-state index >= 15 is 0 Å². The fraction of sp³-hybridized carbons (Fsp3) is 0.333. The van der Waals surface area contributed by atoms with Crippen LogP contribution in [0.15, 0.2) is 48.2 Å². The molecule has 1 saturated carbocycles. The summed E-state index contributed by atoms with van der Waals surface area (Å²) in [5, 5.41) is 1.10. The van der Waals surface area contributed by atoms with Crippen molar-refractivity contribution in [2.75, 3.05) is 7.05 Å². The molecular formula is C24H24ClIN2O2S. The predicted molar refractivity (Wildman–Crippen MR) is 137 cm³/mol. The molecule has 0 unspecified atom stereocenters. The molecule has 162 valence electrons. The molecule has 2 fully saturated rings. The van der Waals surface area contributed by atoms with Crippen LogP contribution in [0.25, 0.3) is 6.08 Å². The van der Waals surface area contributed by atoms with E-state index in [1.165, 1.54) is 9.99 Å². The standard InChI is InChI=1S/C24H24ClIN2O2S/c1-27-21(23(29)28(24(27)31)19-5-3-2-4-6-19)14-17-9-12-22(20(25)13-17)30-15-16-7-10-18(26)11-8-16/h7-14,19H,2-6,15H2,1H3/b21-14-. The number of rotatable bonds is 5. The lowest BCUT2D eigenvalue weighted by molar-refractivity contribution is -0.124. The molecule has 4 nitrogen and oxygen atoms in total. The second kappa shape index (κ2) is 9.88. The van der Waals surface area contributed by atoms with Crippen molar-refractivity contribution in [1.82, 2.24) is 9.80 Å². The van der Waals surface area contributed by atoms with Gasteiger partial charge in [0.25, 0.3) is 5.91 Å². The predicted octanol–water partition coefficient (Wildman–Crippen LogP) is 6.26. The summed E-state index contributed by atoms with van der Waals surface area (Å²) in [5.41, 5.74) is 2.51. The van der Waals surface area contributed by atoms with Crippen LogP contribution in [0.5, 0.6) is 5.75 Å². The highest BCUT2D eigenvalue weighted by molar-refractivity contribution is 14.1. The first-order chi connectivity index (χ1) is 14.9. The lowest BCUT2D eigenvalue weighted by Gasteiger charge is -2.30. The quantitative estimate of drug-likeness (QED) is 0.243. The van der Waals surface area contributed by atoms with E-state index in [1.54, 1.807) is 9.80 Å². The topological polar surface area (TPSA) is 32.8 Å². The van der Waals surface area contributed by atoms with Crippen LogP contribution in [-0.2, 0) is 11.4 Å². The zero-order chi connectivity index (χ0) is 22.0. The van der Waals surface area contributed by atoms with Crippen LogP contribution in [0, 0.1) is 3.57 Å². The first kappa shape index (κ1) is 22.6. The number of hydrogen-bond donors (Lipinski definition) is 0. The third-order valence-corrected chi connectivity index (χ3v) is 7.28. The van der Waals surface area contributed by atoms with E-state index in [9.17, 15) is 4.79 Å². The van der Waals surface area contributed by atoms with Crippen LogP contribution in [0.4, 0.5) is 0 Å². The van der Waals surface area contributed by atoms with Gasteiger partial charge in [-0.15, -0.1) is 0 Å². The van der Waals surface area contributed by atoms with Crippen LogP contribution in [0.3, 0.4) is 0 Å². The maximum Gasteiger partial charge on any atom is 0.277 e. The summed E-state index contributed by atoms with van der Waals surface area (Å²) in [5.74, 6) is 0.599. The van der Waals surface area contributed by atoms with E-state index in [2.05, 4.69) is 22.6 Å². The van der Waals surface area contributed by atoms with Crippen LogP contribution in [-0.4, -0.2) is 33.9 Å². The van der Waals surface area contributed by atoms with E-state index in [0.717, 1.165) is 36.8 Å². The number of nitrogens with zero attached hydrogens (tertiary/aromatic N) is 2. The Balaban J connectivity index is 1.49. The average Bonchev–Trinajstić information content (AvgIpc) is 2.98. The molecule has 2 aromatic rings. The number of thiocarbonyl (C=S) groups is 1. The molecule has 1 saturated heterocycles. The molecule has 1 aliphatic heterocycles. The number of carbonyl (C=O) groups is 1. The fourth-order valence-electron chi connectivity index (χ4n) is 4.06. The van der Waals surface area contributed by atoms with Crippen molar-refractivity contribution in [2.45, 2.75) is 44.8 Å². The van der Waals surface area contributed by atoms with Crippen molar-refractivity contribution in [3.63, 3.8) is 0 Å². The molecule has 1 heterocycles. The molecule has 2 aromatic carbocycles.